The number of hydrogen-bond acceptors (Lipinski definition) is 6. The van der Waals surface area contributed by atoms with E-state index in [9.17, 15) is 4.79 Å². The summed E-state index contributed by atoms with van der Waals surface area (Å²) in [5.74, 6) is 6.07. The topological polar surface area (TPSA) is 111 Å². The van der Waals surface area contributed by atoms with Crippen LogP contribution in [0.5, 0.6) is 0 Å². The van der Waals surface area contributed by atoms with Crippen LogP contribution in [0, 0.1) is 0 Å². The number of benzene rings is 3. The number of carbonyl (C=O) groups excluding carboxylic acids is 1. The molecule has 4 aromatic rings. The highest BCUT2D eigenvalue weighted by molar-refractivity contribution is 6.06. The van der Waals surface area contributed by atoms with Crippen LogP contribution >= 0.6 is 0 Å². The molecular weight excluding hydrogens is 390 g/mol. The molecule has 8 nitrogen and oxygen atoms in total. The van der Waals surface area contributed by atoms with Crippen LogP contribution in [0.4, 0.5) is 22.7 Å². The van der Waals surface area contributed by atoms with E-state index in [1.807, 2.05) is 44.4 Å². The summed E-state index contributed by atoms with van der Waals surface area (Å²) in [6.07, 6.45) is 0. The molecule has 3 aromatic carbocycles. The summed E-state index contributed by atoms with van der Waals surface area (Å²) in [5.41, 5.74) is 9.07. The summed E-state index contributed by atoms with van der Waals surface area (Å²) < 4.78 is 0. The van der Waals surface area contributed by atoms with E-state index in [2.05, 4.69) is 43.1 Å². The number of nitrogens with zero attached hydrogens (tertiary/aromatic N) is 2. The lowest BCUT2D eigenvalue weighted by Gasteiger charge is -2.12. The molecule has 0 fully saturated rings. The van der Waals surface area contributed by atoms with E-state index in [1.54, 1.807) is 25.2 Å². The highest BCUT2D eigenvalue weighted by Crippen LogP contribution is 2.26. The van der Waals surface area contributed by atoms with Crippen LogP contribution in [0.3, 0.4) is 0 Å². The number of hydrazine groups is 1. The van der Waals surface area contributed by atoms with Crippen molar-refractivity contribution in [3.8, 4) is 11.4 Å². The number of rotatable bonds is 6. The van der Waals surface area contributed by atoms with Crippen molar-refractivity contribution in [1.29, 1.82) is 0 Å². The number of nitrogen functional groups attached to an aromatic ring is 1. The zero-order valence-corrected chi connectivity index (χ0v) is 17.7. The molecule has 1 heterocycles. The Labute approximate surface area is 180 Å². The lowest BCUT2D eigenvalue weighted by Crippen LogP contribution is -2.14. The molecule has 4 rings (SSSR count). The molecule has 0 unspecified atom stereocenters. The molecule has 0 saturated carbocycles. The summed E-state index contributed by atoms with van der Waals surface area (Å²) >= 11 is 0. The number of imidazole rings is 1. The Hall–Kier alpha value is -4.04. The maximum absolute atomic E-state index is 12.7. The van der Waals surface area contributed by atoms with Crippen molar-refractivity contribution >= 4 is 39.7 Å². The fourth-order valence-corrected chi connectivity index (χ4v) is 3.36. The number of H-pyrrole nitrogens is 1. The Morgan fingerprint density at radius 1 is 1.00 bits per heavy atom. The van der Waals surface area contributed by atoms with E-state index in [-0.39, 0.29) is 5.91 Å². The van der Waals surface area contributed by atoms with Crippen LogP contribution < -0.4 is 26.8 Å². The Balaban J connectivity index is 1.56. The predicted octanol–water partition coefficient (Wildman–Crippen LogP) is 3.88. The molecule has 0 radical (unpaired) electrons. The molecule has 1 aromatic heterocycles. The predicted molar refractivity (Wildman–Crippen MR) is 128 cm³/mol. The van der Waals surface area contributed by atoms with Gasteiger partial charge in [0.2, 0.25) is 0 Å². The fourth-order valence-electron chi connectivity index (χ4n) is 3.36. The van der Waals surface area contributed by atoms with Crippen molar-refractivity contribution in [2.24, 2.45) is 5.84 Å². The number of fused-ring (bicyclic) bond motifs is 1. The smallest absolute Gasteiger partial charge is 0.255 e. The van der Waals surface area contributed by atoms with Crippen LogP contribution in [-0.2, 0) is 0 Å². The monoisotopic (exact) mass is 415 g/mol. The zero-order valence-electron chi connectivity index (χ0n) is 17.7. The number of hydrogen-bond donors (Lipinski definition) is 5. The Kier molecular flexibility index (Phi) is 5.46. The number of amides is 1. The van der Waals surface area contributed by atoms with Gasteiger partial charge in [-0.15, -0.1) is 0 Å². The van der Waals surface area contributed by atoms with Gasteiger partial charge >= 0.3 is 0 Å². The zero-order chi connectivity index (χ0) is 22.0. The van der Waals surface area contributed by atoms with Crippen LogP contribution in [-0.4, -0.2) is 37.0 Å². The molecule has 0 aliphatic rings. The maximum atomic E-state index is 12.7. The van der Waals surface area contributed by atoms with Crippen LogP contribution in [0.2, 0.25) is 0 Å². The highest BCUT2D eigenvalue weighted by atomic mass is 16.1. The van der Waals surface area contributed by atoms with Crippen molar-refractivity contribution in [1.82, 2.24) is 9.97 Å². The van der Waals surface area contributed by atoms with Gasteiger partial charge in [0.25, 0.3) is 5.91 Å². The first-order valence-electron chi connectivity index (χ1n) is 9.86. The Morgan fingerprint density at radius 2 is 1.77 bits per heavy atom. The molecule has 158 valence electrons. The molecule has 8 heteroatoms. The quantitative estimate of drug-likeness (QED) is 0.241. The van der Waals surface area contributed by atoms with Crippen LogP contribution in [0.1, 0.15) is 10.4 Å². The van der Waals surface area contributed by atoms with Gasteiger partial charge in [-0.3, -0.25) is 10.6 Å². The second kappa shape index (κ2) is 8.37. The normalized spacial score (nSPS) is 10.7. The molecule has 0 aliphatic heterocycles. The van der Waals surface area contributed by atoms with Gasteiger partial charge in [-0.25, -0.2) is 4.98 Å². The minimum Gasteiger partial charge on any atom is -0.386 e. The van der Waals surface area contributed by atoms with Gasteiger partial charge in [0.15, 0.2) is 0 Å². The molecular formula is C23H25N7O. The molecule has 0 aliphatic carbocycles. The third-order valence-electron chi connectivity index (χ3n) is 5.10. The molecule has 0 bridgehead atoms. The summed E-state index contributed by atoms with van der Waals surface area (Å²) in [7, 11) is 5.79. The van der Waals surface area contributed by atoms with E-state index in [1.165, 1.54) is 0 Å². The van der Waals surface area contributed by atoms with E-state index < -0.39 is 0 Å². The lowest BCUT2D eigenvalue weighted by atomic mass is 10.1. The van der Waals surface area contributed by atoms with Gasteiger partial charge < -0.3 is 25.9 Å². The Bertz CT molecular complexity index is 1230. The minimum absolute atomic E-state index is 0.210. The van der Waals surface area contributed by atoms with Gasteiger partial charge in [0, 0.05) is 43.6 Å². The highest BCUT2D eigenvalue weighted by Gasteiger charge is 2.11. The first-order valence-corrected chi connectivity index (χ1v) is 9.86. The van der Waals surface area contributed by atoms with E-state index >= 15 is 0 Å². The van der Waals surface area contributed by atoms with Gasteiger partial charge in [-0.05, 0) is 60.7 Å². The molecule has 31 heavy (non-hydrogen) atoms. The standard InChI is InChI=1S/C23H25N7O/c1-25-20-12-15(6-10-19(20)29-24)23(31)26-16-7-11-18-21(13-16)28-22(27-18)14-4-8-17(9-5-14)30(2)3/h4-13,25,29H,24H2,1-3H3,(H,26,31)(H,27,28). The summed E-state index contributed by atoms with van der Waals surface area (Å²) in [6.45, 7) is 0. The SMILES string of the molecule is CNc1cc(C(=O)Nc2ccc3nc(-c4ccc(N(C)C)cc4)[nH]c3c2)ccc1NN. The van der Waals surface area contributed by atoms with Crippen LogP contribution in [0.25, 0.3) is 22.4 Å². The number of carbonyl (C=O) groups is 1. The second-order valence-electron chi connectivity index (χ2n) is 7.37. The van der Waals surface area contributed by atoms with E-state index in [0.29, 0.717) is 16.9 Å². The van der Waals surface area contributed by atoms with Gasteiger partial charge in [0.05, 0.1) is 22.4 Å². The number of aromatic nitrogens is 2. The molecule has 6 N–H and O–H groups in total. The van der Waals surface area contributed by atoms with E-state index in [4.69, 9.17) is 5.84 Å². The van der Waals surface area contributed by atoms with Gasteiger partial charge in [-0.2, -0.15) is 0 Å². The lowest BCUT2D eigenvalue weighted by molar-refractivity contribution is 0.102. The largest absolute Gasteiger partial charge is 0.386 e. The number of nitrogens with one attached hydrogen (secondary N) is 4. The molecule has 0 spiro atoms. The average Bonchev–Trinajstić information content (AvgIpc) is 3.22. The molecule has 0 atom stereocenters. The number of aromatic amines is 1. The Morgan fingerprint density at radius 3 is 2.45 bits per heavy atom. The molecule has 0 saturated heterocycles. The third kappa shape index (κ3) is 4.15. The van der Waals surface area contributed by atoms with Crippen LogP contribution in [0.15, 0.2) is 60.7 Å². The number of nitrogens with two attached hydrogens (primary N) is 1. The van der Waals surface area contributed by atoms with Crippen molar-refractivity contribution in [2.45, 2.75) is 0 Å². The first-order chi connectivity index (χ1) is 15.0. The fraction of sp³-hybridized carbons (Fsp3) is 0.130. The third-order valence-corrected chi connectivity index (χ3v) is 5.10. The van der Waals surface area contributed by atoms with Crippen molar-refractivity contribution in [2.75, 3.05) is 42.1 Å². The first kappa shape index (κ1) is 20.2. The summed E-state index contributed by atoms with van der Waals surface area (Å²) in [6, 6.07) is 19.0. The maximum Gasteiger partial charge on any atom is 0.255 e. The number of anilines is 4. The summed E-state index contributed by atoms with van der Waals surface area (Å²) in [5, 5.41) is 5.96. The van der Waals surface area contributed by atoms with Gasteiger partial charge in [-0.1, -0.05) is 0 Å². The minimum atomic E-state index is -0.210. The average molecular weight is 416 g/mol. The van der Waals surface area contributed by atoms with E-state index in [0.717, 1.165) is 33.8 Å². The van der Waals surface area contributed by atoms with Gasteiger partial charge in [0.1, 0.15) is 5.82 Å². The van der Waals surface area contributed by atoms with Crippen molar-refractivity contribution < 1.29 is 4.79 Å². The summed E-state index contributed by atoms with van der Waals surface area (Å²) in [4.78, 5) is 22.8. The van der Waals surface area contributed by atoms with Crippen molar-refractivity contribution in [3.63, 3.8) is 0 Å². The second-order valence-corrected chi connectivity index (χ2v) is 7.37. The molecule has 1 amide bonds. The van der Waals surface area contributed by atoms with Crippen molar-refractivity contribution in [3.05, 3.63) is 66.2 Å².